The summed E-state index contributed by atoms with van der Waals surface area (Å²) in [5.74, 6) is -2.04. The Kier molecular flexibility index (Phi) is 6.65. The fourth-order valence-corrected chi connectivity index (χ4v) is 4.72. The summed E-state index contributed by atoms with van der Waals surface area (Å²) in [5.41, 5.74) is 1.98. The maximum atomic E-state index is 13.2. The highest BCUT2D eigenvalue weighted by Crippen LogP contribution is 2.45. The molecule has 1 amide bonds. The van der Waals surface area contributed by atoms with E-state index in [2.05, 4.69) is 4.74 Å². The molecule has 8 heteroatoms. The number of rotatable bonds is 7. The molecule has 2 aromatic carbocycles. The summed E-state index contributed by atoms with van der Waals surface area (Å²) < 4.78 is 22.3. The Balaban J connectivity index is 1.66. The van der Waals surface area contributed by atoms with Crippen molar-refractivity contribution in [2.24, 2.45) is 5.92 Å². The molecule has 2 unspecified atom stereocenters. The van der Waals surface area contributed by atoms with Crippen molar-refractivity contribution < 1.29 is 28.1 Å². The zero-order valence-electron chi connectivity index (χ0n) is 17.8. The van der Waals surface area contributed by atoms with Crippen molar-refractivity contribution in [2.45, 2.75) is 19.1 Å². The molecule has 0 radical (unpaired) electrons. The van der Waals surface area contributed by atoms with Gasteiger partial charge < -0.3 is 9.47 Å². The van der Waals surface area contributed by atoms with Gasteiger partial charge in [-0.15, -0.1) is 0 Å². The zero-order chi connectivity index (χ0) is 23.4. The van der Waals surface area contributed by atoms with Gasteiger partial charge in [-0.25, -0.2) is 13.8 Å². The molecule has 0 aromatic heterocycles. The second-order valence-electron chi connectivity index (χ2n) is 7.52. The monoisotopic (exact) mass is 463 g/mol. The van der Waals surface area contributed by atoms with Gasteiger partial charge in [-0.1, -0.05) is 66.7 Å². The standard InChI is InChI=1S/C25H21NO6S/c1-31-19(27)14-8-13-18-21-23(33-30)20(17-11-6-3-7-12-17)22(26(21)24(18)28)25(29)32-15-16-9-4-2-5-10-16/h2-12,14,18,21H,13,15H2,1H3. The number of allylic oxidation sites excluding steroid dienone is 1. The molecular weight excluding hydrogens is 442 g/mol. The largest absolute Gasteiger partial charge is 0.466 e. The van der Waals surface area contributed by atoms with Gasteiger partial charge in [0.2, 0.25) is 5.91 Å². The van der Waals surface area contributed by atoms with Crippen LogP contribution in [-0.4, -0.2) is 45.0 Å². The van der Waals surface area contributed by atoms with Crippen LogP contribution in [0.25, 0.3) is 5.57 Å². The van der Waals surface area contributed by atoms with Gasteiger partial charge in [0.25, 0.3) is 0 Å². The second-order valence-corrected chi connectivity index (χ2v) is 8.13. The van der Waals surface area contributed by atoms with Gasteiger partial charge in [0.1, 0.15) is 12.3 Å². The normalized spacial score (nSPS) is 19.4. The topological polar surface area (TPSA) is 90.0 Å². The number of esters is 2. The molecule has 2 atom stereocenters. The minimum Gasteiger partial charge on any atom is -0.466 e. The summed E-state index contributed by atoms with van der Waals surface area (Å²) in [5, 5.41) is 0. The molecule has 0 N–H and O–H groups in total. The van der Waals surface area contributed by atoms with E-state index < -0.39 is 23.9 Å². The van der Waals surface area contributed by atoms with E-state index in [1.165, 1.54) is 18.1 Å². The first-order chi connectivity index (χ1) is 16.1. The average Bonchev–Trinajstić information content (AvgIpc) is 3.17. The third-order valence-electron chi connectivity index (χ3n) is 5.61. The van der Waals surface area contributed by atoms with Crippen LogP contribution in [0.15, 0.2) is 78.5 Å². The maximum Gasteiger partial charge on any atom is 0.356 e. The molecule has 0 aliphatic carbocycles. The molecule has 0 bridgehead atoms. The predicted molar refractivity (Wildman–Crippen MR) is 123 cm³/mol. The number of amides is 1. The van der Waals surface area contributed by atoms with E-state index in [9.17, 15) is 18.6 Å². The first-order valence-electron chi connectivity index (χ1n) is 10.3. The summed E-state index contributed by atoms with van der Waals surface area (Å²) in [6, 6.07) is 17.7. The highest BCUT2D eigenvalue weighted by Gasteiger charge is 2.58. The lowest BCUT2D eigenvalue weighted by atomic mass is 9.83. The second kappa shape index (κ2) is 9.79. The van der Waals surface area contributed by atoms with Crippen molar-refractivity contribution in [2.75, 3.05) is 7.11 Å². The molecule has 2 aliphatic heterocycles. The summed E-state index contributed by atoms with van der Waals surface area (Å²) in [6.45, 7) is 0.0447. The maximum absolute atomic E-state index is 13.2. The molecule has 7 nitrogen and oxygen atoms in total. The van der Waals surface area contributed by atoms with Crippen LogP contribution in [0.1, 0.15) is 17.5 Å². The first kappa shape index (κ1) is 22.4. The number of β-lactam (4-membered cyclic amide) rings is 1. The lowest BCUT2D eigenvalue weighted by Crippen LogP contribution is -2.60. The van der Waals surface area contributed by atoms with E-state index in [0.717, 1.165) is 5.56 Å². The average molecular weight is 464 g/mol. The first-order valence-corrected chi connectivity index (χ1v) is 11.1. The highest BCUT2D eigenvalue weighted by molar-refractivity contribution is 7.68. The van der Waals surface area contributed by atoms with Gasteiger partial charge >= 0.3 is 11.9 Å². The molecule has 0 spiro atoms. The minimum atomic E-state index is -0.663. The summed E-state index contributed by atoms with van der Waals surface area (Å²) in [7, 11) is 1.27. The van der Waals surface area contributed by atoms with Crippen molar-refractivity contribution in [1.29, 1.82) is 0 Å². The minimum absolute atomic E-state index is 0.0447. The van der Waals surface area contributed by atoms with Crippen molar-refractivity contribution in [1.82, 2.24) is 4.90 Å². The Morgan fingerprint density at radius 1 is 1.06 bits per heavy atom. The number of hydrogen-bond acceptors (Lipinski definition) is 6. The fraction of sp³-hybridized carbons (Fsp3) is 0.200. The number of carbonyl (C=O) groups excluding carboxylic acids is 3. The number of fused-ring (bicyclic) bond motifs is 1. The Morgan fingerprint density at radius 2 is 1.73 bits per heavy atom. The van der Waals surface area contributed by atoms with Gasteiger partial charge in [0.15, 0.2) is 0 Å². The quantitative estimate of drug-likeness (QED) is 0.271. The van der Waals surface area contributed by atoms with Gasteiger partial charge in [-0.3, -0.25) is 9.69 Å². The van der Waals surface area contributed by atoms with Crippen LogP contribution >= 0.6 is 0 Å². The van der Waals surface area contributed by atoms with Crippen LogP contribution in [0.4, 0.5) is 0 Å². The van der Waals surface area contributed by atoms with Crippen LogP contribution in [0.3, 0.4) is 0 Å². The Morgan fingerprint density at radius 3 is 2.36 bits per heavy atom. The number of ether oxygens (including phenoxy) is 2. The molecule has 168 valence electrons. The van der Waals surface area contributed by atoms with Crippen LogP contribution in [-0.2, 0) is 41.7 Å². The lowest BCUT2D eigenvalue weighted by molar-refractivity contribution is -0.154. The van der Waals surface area contributed by atoms with E-state index in [0.29, 0.717) is 16.0 Å². The van der Waals surface area contributed by atoms with Crippen molar-refractivity contribution in [3.05, 3.63) is 89.6 Å². The molecule has 2 aliphatic rings. The summed E-state index contributed by atoms with van der Waals surface area (Å²) >= 11 is 0.276. The molecule has 1 fully saturated rings. The molecular formula is C25H21NO6S. The van der Waals surface area contributed by atoms with Crippen molar-refractivity contribution >= 4 is 39.5 Å². The number of carbonyl (C=O) groups is 3. The van der Waals surface area contributed by atoms with Gasteiger partial charge in [-0.05, 0) is 17.5 Å². The van der Waals surface area contributed by atoms with Crippen molar-refractivity contribution in [3.63, 3.8) is 0 Å². The molecule has 1 saturated heterocycles. The summed E-state index contributed by atoms with van der Waals surface area (Å²) in [4.78, 5) is 39.3. The number of hydrogen-bond donors (Lipinski definition) is 0. The van der Waals surface area contributed by atoms with Crippen LogP contribution in [0.5, 0.6) is 0 Å². The third-order valence-corrected chi connectivity index (χ3v) is 6.24. The lowest BCUT2D eigenvalue weighted by Gasteiger charge is -2.42. The predicted octanol–water partition coefficient (Wildman–Crippen LogP) is 2.49. The Hall–Kier alpha value is -3.78. The van der Waals surface area contributed by atoms with E-state index in [1.54, 1.807) is 30.3 Å². The van der Waals surface area contributed by atoms with Gasteiger partial charge in [0.05, 0.1) is 35.2 Å². The highest BCUT2D eigenvalue weighted by atomic mass is 32.1. The van der Waals surface area contributed by atoms with Crippen LogP contribution < -0.4 is 0 Å². The van der Waals surface area contributed by atoms with E-state index in [1.807, 2.05) is 36.4 Å². The van der Waals surface area contributed by atoms with Crippen LogP contribution in [0.2, 0.25) is 0 Å². The Labute approximate surface area is 194 Å². The molecule has 2 aromatic rings. The van der Waals surface area contributed by atoms with E-state index >= 15 is 0 Å². The number of benzene rings is 2. The number of nitrogens with zero attached hydrogens (tertiary/aromatic N) is 1. The molecule has 2 heterocycles. The third kappa shape index (κ3) is 4.29. The summed E-state index contributed by atoms with van der Waals surface area (Å²) in [6.07, 6.45) is 3.04. The smallest absolute Gasteiger partial charge is 0.356 e. The molecule has 33 heavy (non-hydrogen) atoms. The van der Waals surface area contributed by atoms with Crippen LogP contribution in [0, 0.1) is 5.92 Å². The van der Waals surface area contributed by atoms with E-state index in [4.69, 9.17) is 4.74 Å². The molecule has 4 rings (SSSR count). The Bertz CT molecular complexity index is 1200. The fourth-order valence-electron chi connectivity index (χ4n) is 4.06. The van der Waals surface area contributed by atoms with E-state index in [-0.39, 0.29) is 35.9 Å². The van der Waals surface area contributed by atoms with Gasteiger partial charge in [-0.2, -0.15) is 0 Å². The zero-order valence-corrected chi connectivity index (χ0v) is 18.6. The SMILES string of the molecule is COC(=O)C=CCC1C(=O)N2C(C(=O)OCc3ccccc3)=C(c3ccccc3)C(=S=O)C12. The van der Waals surface area contributed by atoms with Gasteiger partial charge in [0, 0.05) is 11.6 Å². The number of methoxy groups -OCH3 is 1. The van der Waals surface area contributed by atoms with Crippen molar-refractivity contribution in [3.8, 4) is 0 Å². The molecule has 0 saturated carbocycles.